The van der Waals surface area contributed by atoms with Crippen molar-refractivity contribution in [1.82, 2.24) is 0 Å². The second-order valence-electron chi connectivity index (χ2n) is 10.7. The van der Waals surface area contributed by atoms with Gasteiger partial charge in [-0.25, -0.2) is 0 Å². The number of hydrogen-bond donors (Lipinski definition) is 0. The Balaban J connectivity index is 3.61. The lowest BCUT2D eigenvalue weighted by Gasteiger charge is -2.24. The Morgan fingerprint density at radius 2 is 0.714 bits per heavy atom. The highest BCUT2D eigenvalue weighted by Crippen LogP contribution is 2.17. The molecule has 0 saturated heterocycles. The summed E-state index contributed by atoms with van der Waals surface area (Å²) in [7, 11) is 0. The van der Waals surface area contributed by atoms with Gasteiger partial charge in [0.25, 0.3) is 5.79 Å². The van der Waals surface area contributed by atoms with Crippen molar-refractivity contribution in [1.29, 1.82) is 0 Å². The molecule has 0 rings (SSSR count). The van der Waals surface area contributed by atoms with Crippen molar-refractivity contribution in [3.05, 3.63) is 6.92 Å². The molecule has 0 fully saturated rings. The molecule has 4 heteroatoms. The van der Waals surface area contributed by atoms with Gasteiger partial charge in [-0.3, -0.25) is 9.59 Å². The van der Waals surface area contributed by atoms with Gasteiger partial charge in [0.1, 0.15) is 0 Å². The number of carbonyl (C=O) groups is 2. The fourth-order valence-corrected chi connectivity index (χ4v) is 4.47. The normalized spacial score (nSPS) is 11.5. The van der Waals surface area contributed by atoms with E-state index in [0.717, 1.165) is 38.5 Å². The van der Waals surface area contributed by atoms with Gasteiger partial charge >= 0.3 is 11.9 Å². The largest absolute Gasteiger partial charge is 0.423 e. The van der Waals surface area contributed by atoms with Crippen LogP contribution in [-0.2, 0) is 19.1 Å². The fourth-order valence-electron chi connectivity index (χ4n) is 4.47. The minimum absolute atomic E-state index is 0.332. The van der Waals surface area contributed by atoms with Crippen LogP contribution in [0.25, 0.3) is 0 Å². The molecule has 0 unspecified atom stereocenters. The van der Waals surface area contributed by atoms with E-state index in [2.05, 4.69) is 20.8 Å². The number of unbranched alkanes of at least 4 members (excludes halogenated alkanes) is 20. The maximum atomic E-state index is 12.1. The van der Waals surface area contributed by atoms with E-state index in [-0.39, 0.29) is 11.9 Å². The highest BCUT2D eigenvalue weighted by atomic mass is 16.7. The Morgan fingerprint density at radius 1 is 0.486 bits per heavy atom. The van der Waals surface area contributed by atoms with Gasteiger partial charge in [0.05, 0.1) is 0 Å². The molecule has 1 radical (unpaired) electrons. The van der Waals surface area contributed by atoms with Crippen molar-refractivity contribution < 1.29 is 19.1 Å². The number of hydrogen-bond acceptors (Lipinski definition) is 4. The Labute approximate surface area is 218 Å². The summed E-state index contributed by atoms with van der Waals surface area (Å²) >= 11 is 0. The van der Waals surface area contributed by atoms with Gasteiger partial charge in [-0.1, -0.05) is 142 Å². The van der Waals surface area contributed by atoms with Crippen molar-refractivity contribution >= 4 is 11.9 Å². The average Bonchev–Trinajstić information content (AvgIpc) is 2.80. The predicted octanol–water partition coefficient (Wildman–Crippen LogP) is 10.0. The van der Waals surface area contributed by atoms with E-state index >= 15 is 0 Å². The van der Waals surface area contributed by atoms with Crippen molar-refractivity contribution in [3.63, 3.8) is 0 Å². The van der Waals surface area contributed by atoms with Crippen LogP contribution in [0.4, 0.5) is 0 Å². The summed E-state index contributed by atoms with van der Waals surface area (Å²) in [5.74, 6) is -2.09. The zero-order valence-electron chi connectivity index (χ0n) is 23.8. The van der Waals surface area contributed by atoms with Crippen molar-refractivity contribution in [2.24, 2.45) is 0 Å². The second-order valence-corrected chi connectivity index (χ2v) is 10.7. The maximum absolute atomic E-state index is 12.1. The molecular weight excluding hydrogens is 436 g/mol. The zero-order chi connectivity index (χ0) is 26.0. The van der Waals surface area contributed by atoms with Crippen LogP contribution in [0.5, 0.6) is 0 Å². The summed E-state index contributed by atoms with van der Waals surface area (Å²) in [6, 6.07) is 0. The molecular formula is C31H59O4. The minimum Gasteiger partial charge on any atom is -0.423 e. The molecule has 0 aliphatic rings. The van der Waals surface area contributed by atoms with Gasteiger partial charge in [-0.2, -0.15) is 0 Å². The SMILES string of the molecule is [CH2]C(C)(OC(=O)CCCCCCCCCCCCC)OC(=O)CCCCCCCCCCCCC. The monoisotopic (exact) mass is 495 g/mol. The summed E-state index contributed by atoms with van der Waals surface area (Å²) in [6.45, 7) is 9.82. The average molecular weight is 496 g/mol. The number of esters is 2. The quantitative estimate of drug-likeness (QED) is 0.0680. The van der Waals surface area contributed by atoms with Crippen molar-refractivity contribution in [2.75, 3.05) is 0 Å². The van der Waals surface area contributed by atoms with Crippen molar-refractivity contribution in [3.8, 4) is 0 Å². The molecule has 0 heterocycles. The van der Waals surface area contributed by atoms with Gasteiger partial charge in [-0.15, -0.1) is 0 Å². The van der Waals surface area contributed by atoms with Gasteiger partial charge in [0, 0.05) is 26.7 Å². The third-order valence-corrected chi connectivity index (χ3v) is 6.63. The Hall–Kier alpha value is -1.06. The number of carbonyl (C=O) groups excluding carboxylic acids is 2. The predicted molar refractivity (Wildman–Crippen MR) is 148 cm³/mol. The van der Waals surface area contributed by atoms with Crippen LogP contribution in [0, 0.1) is 6.92 Å². The molecule has 0 spiro atoms. The molecule has 0 aromatic carbocycles. The first-order valence-corrected chi connectivity index (χ1v) is 15.2. The highest BCUT2D eigenvalue weighted by molar-refractivity contribution is 5.72. The highest BCUT2D eigenvalue weighted by Gasteiger charge is 2.27. The van der Waals surface area contributed by atoms with Crippen LogP contribution in [0.2, 0.25) is 0 Å². The van der Waals surface area contributed by atoms with Gasteiger partial charge in [0.15, 0.2) is 0 Å². The molecule has 0 amide bonds. The van der Waals surface area contributed by atoms with E-state index in [9.17, 15) is 9.59 Å². The van der Waals surface area contributed by atoms with E-state index in [4.69, 9.17) is 9.47 Å². The molecule has 4 nitrogen and oxygen atoms in total. The Kier molecular flexibility index (Phi) is 23.9. The lowest BCUT2D eigenvalue weighted by atomic mass is 10.1. The molecule has 207 valence electrons. The summed E-state index contributed by atoms with van der Waals surface area (Å²) < 4.78 is 10.6. The Morgan fingerprint density at radius 3 is 0.971 bits per heavy atom. The summed E-state index contributed by atoms with van der Waals surface area (Å²) in [5.41, 5.74) is 0. The maximum Gasteiger partial charge on any atom is 0.309 e. The summed E-state index contributed by atoms with van der Waals surface area (Å²) in [5, 5.41) is 0. The van der Waals surface area contributed by atoms with Crippen LogP contribution < -0.4 is 0 Å². The van der Waals surface area contributed by atoms with Crippen LogP contribution in [0.15, 0.2) is 0 Å². The molecule has 0 aliphatic carbocycles. The van der Waals surface area contributed by atoms with Crippen LogP contribution in [0.1, 0.15) is 175 Å². The molecule has 0 aromatic heterocycles. The van der Waals surface area contributed by atoms with Gasteiger partial charge in [-0.05, 0) is 12.8 Å². The number of rotatable bonds is 26. The lowest BCUT2D eigenvalue weighted by Crippen LogP contribution is -2.34. The van der Waals surface area contributed by atoms with E-state index in [1.165, 1.54) is 103 Å². The van der Waals surface area contributed by atoms with Crippen LogP contribution >= 0.6 is 0 Å². The van der Waals surface area contributed by atoms with Crippen molar-refractivity contribution in [2.45, 2.75) is 181 Å². The van der Waals surface area contributed by atoms with E-state index in [0.29, 0.717) is 12.8 Å². The van der Waals surface area contributed by atoms with Gasteiger partial charge < -0.3 is 9.47 Å². The first kappa shape index (κ1) is 33.9. The van der Waals surface area contributed by atoms with E-state index < -0.39 is 5.79 Å². The zero-order valence-corrected chi connectivity index (χ0v) is 23.8. The smallest absolute Gasteiger partial charge is 0.309 e. The third kappa shape index (κ3) is 25.8. The molecule has 0 aliphatic heterocycles. The molecule has 0 aromatic rings. The summed E-state index contributed by atoms with van der Waals surface area (Å²) in [4.78, 5) is 24.2. The molecule has 0 bridgehead atoms. The van der Waals surface area contributed by atoms with Crippen LogP contribution in [-0.4, -0.2) is 17.7 Å². The standard InChI is InChI=1S/C31H59O4/c1-5-7-9-11-13-15-17-19-21-23-25-27-29(32)34-31(3,4)35-30(33)28-26-24-22-20-18-16-14-12-10-8-6-2/h3,5-28H2,1-2,4H3. The van der Waals surface area contributed by atoms with E-state index in [1.54, 1.807) is 6.92 Å². The lowest BCUT2D eigenvalue weighted by molar-refractivity contribution is -0.207. The topological polar surface area (TPSA) is 52.6 Å². The molecule has 0 N–H and O–H groups in total. The first-order valence-electron chi connectivity index (χ1n) is 15.2. The second kappa shape index (κ2) is 24.6. The Bertz CT molecular complexity index is 444. The van der Waals surface area contributed by atoms with E-state index in [1.807, 2.05) is 0 Å². The molecule has 0 saturated carbocycles. The first-order chi connectivity index (χ1) is 16.9. The number of ether oxygens (including phenoxy) is 2. The third-order valence-electron chi connectivity index (χ3n) is 6.63. The minimum atomic E-state index is -1.43. The van der Waals surface area contributed by atoms with Crippen LogP contribution in [0.3, 0.4) is 0 Å². The summed E-state index contributed by atoms with van der Waals surface area (Å²) in [6.07, 6.45) is 28.0. The molecule has 0 atom stereocenters. The molecule has 35 heavy (non-hydrogen) atoms. The van der Waals surface area contributed by atoms with Gasteiger partial charge in [0.2, 0.25) is 0 Å². The fraction of sp³-hybridized carbons (Fsp3) is 0.903.